The van der Waals surface area contributed by atoms with E-state index < -0.39 is 18.0 Å². The summed E-state index contributed by atoms with van der Waals surface area (Å²) in [6.45, 7) is 6.63. The Balaban J connectivity index is 1.17. The molecule has 3 aliphatic carbocycles. The highest BCUT2D eigenvalue weighted by Gasteiger charge is 2.68. The number of amides is 1. The molecule has 1 spiro atoms. The molecule has 3 aliphatic heterocycles. The zero-order valence-corrected chi connectivity index (χ0v) is 21.6. The third kappa shape index (κ3) is 4.14. The Morgan fingerprint density at radius 2 is 2.03 bits per heavy atom. The number of nitrogens with one attached hydrogen (secondary N) is 1. The van der Waals surface area contributed by atoms with Crippen LogP contribution >= 0.6 is 0 Å². The summed E-state index contributed by atoms with van der Waals surface area (Å²) in [5.74, 6) is 1.04. The van der Waals surface area contributed by atoms with Crippen molar-refractivity contribution in [2.45, 2.75) is 82.6 Å². The van der Waals surface area contributed by atoms with Crippen LogP contribution in [0.3, 0.4) is 0 Å². The molecule has 9 atom stereocenters. The molecule has 5 fully saturated rings. The molecule has 2 bridgehead atoms. The molecular weight excluding hydrogens is 472 g/mol. The maximum Gasteiger partial charge on any atom is 0.270 e. The van der Waals surface area contributed by atoms with Crippen LogP contribution in [0, 0.1) is 23.7 Å². The van der Waals surface area contributed by atoms with Gasteiger partial charge < -0.3 is 14.6 Å². The van der Waals surface area contributed by atoms with Gasteiger partial charge in [0.2, 0.25) is 0 Å². The van der Waals surface area contributed by atoms with E-state index in [1.807, 2.05) is 12.2 Å². The van der Waals surface area contributed by atoms with E-state index in [4.69, 9.17) is 19.2 Å². The first kappa shape index (κ1) is 24.8. The SMILES string of the molecule is C[C@H]1C(OC2C=CC=C2C(=O)N/N=C/c2ccccc2O)O[C@@H]2CC3(C)CCC4[C@H](C)CCC1[C@]42OO3. The number of phenols is 1. The van der Waals surface area contributed by atoms with Gasteiger partial charge in [-0.15, -0.1) is 0 Å². The summed E-state index contributed by atoms with van der Waals surface area (Å²) in [4.78, 5) is 25.3. The Labute approximate surface area is 217 Å². The van der Waals surface area contributed by atoms with E-state index in [0.717, 1.165) is 32.1 Å². The van der Waals surface area contributed by atoms with Gasteiger partial charge in [0.05, 0.1) is 17.9 Å². The summed E-state index contributed by atoms with van der Waals surface area (Å²) < 4.78 is 13.2. The van der Waals surface area contributed by atoms with Gasteiger partial charge >= 0.3 is 0 Å². The zero-order chi connectivity index (χ0) is 25.8. The molecule has 198 valence electrons. The van der Waals surface area contributed by atoms with E-state index in [0.29, 0.717) is 23.0 Å². The molecule has 2 saturated carbocycles. The molecule has 5 unspecified atom stereocenters. The molecule has 0 radical (unpaired) electrons. The van der Waals surface area contributed by atoms with Crippen LogP contribution in [0.5, 0.6) is 5.75 Å². The van der Waals surface area contributed by atoms with Crippen LogP contribution in [0.2, 0.25) is 0 Å². The number of allylic oxidation sites excluding steroid dienone is 2. The average molecular weight is 509 g/mol. The number of rotatable bonds is 5. The summed E-state index contributed by atoms with van der Waals surface area (Å²) in [5, 5.41) is 13.9. The van der Waals surface area contributed by atoms with Crippen molar-refractivity contribution in [1.82, 2.24) is 5.43 Å². The molecule has 8 heteroatoms. The van der Waals surface area contributed by atoms with Crippen molar-refractivity contribution < 1.29 is 29.1 Å². The first-order chi connectivity index (χ1) is 17.8. The lowest BCUT2D eigenvalue weighted by atomic mass is 9.56. The lowest BCUT2D eigenvalue weighted by molar-refractivity contribution is -0.496. The van der Waals surface area contributed by atoms with Crippen molar-refractivity contribution in [3.05, 3.63) is 53.6 Å². The molecule has 6 aliphatic rings. The van der Waals surface area contributed by atoms with Crippen LogP contribution in [-0.4, -0.2) is 46.9 Å². The van der Waals surface area contributed by atoms with Gasteiger partial charge in [0.1, 0.15) is 23.1 Å². The maximum absolute atomic E-state index is 12.9. The highest BCUT2D eigenvalue weighted by Crippen LogP contribution is 2.61. The molecule has 3 heterocycles. The minimum Gasteiger partial charge on any atom is -0.507 e. The van der Waals surface area contributed by atoms with Gasteiger partial charge in [-0.25, -0.2) is 15.2 Å². The summed E-state index contributed by atoms with van der Waals surface area (Å²) in [6, 6.07) is 6.80. The minimum atomic E-state index is -0.532. The van der Waals surface area contributed by atoms with Crippen molar-refractivity contribution in [3.63, 3.8) is 0 Å². The Kier molecular flexibility index (Phi) is 6.26. The molecule has 1 aromatic carbocycles. The Morgan fingerprint density at radius 3 is 2.86 bits per heavy atom. The monoisotopic (exact) mass is 508 g/mol. The van der Waals surface area contributed by atoms with Gasteiger partial charge in [0.25, 0.3) is 5.91 Å². The van der Waals surface area contributed by atoms with Gasteiger partial charge in [-0.3, -0.25) is 4.79 Å². The van der Waals surface area contributed by atoms with E-state index >= 15 is 0 Å². The van der Waals surface area contributed by atoms with Crippen LogP contribution in [0.15, 0.2) is 53.2 Å². The van der Waals surface area contributed by atoms with Gasteiger partial charge in [-0.05, 0) is 56.6 Å². The molecule has 8 nitrogen and oxygen atoms in total. The number of aromatic hydroxyl groups is 1. The lowest BCUT2D eigenvalue weighted by Crippen LogP contribution is -2.69. The highest BCUT2D eigenvalue weighted by molar-refractivity contribution is 5.96. The predicted octanol–water partition coefficient (Wildman–Crippen LogP) is 4.39. The quantitative estimate of drug-likeness (QED) is 0.348. The van der Waals surface area contributed by atoms with Gasteiger partial charge in [-0.2, -0.15) is 5.10 Å². The lowest BCUT2D eigenvalue weighted by Gasteiger charge is -2.61. The van der Waals surface area contributed by atoms with Gasteiger partial charge in [0, 0.05) is 23.8 Å². The van der Waals surface area contributed by atoms with Crippen LogP contribution in [-0.2, 0) is 24.0 Å². The van der Waals surface area contributed by atoms with Gasteiger partial charge in [-0.1, -0.05) is 44.2 Å². The van der Waals surface area contributed by atoms with Crippen molar-refractivity contribution in [2.24, 2.45) is 28.8 Å². The molecule has 3 saturated heterocycles. The standard InChI is InChI=1S/C29H36N2O6/c1-17-11-12-22-18(2)27(35-25-15-28(3)14-13-21(17)29(22,25)37-36-28)34-24-10-6-8-20(24)26(33)31-30-16-19-7-4-5-9-23(19)32/h4-10,16-18,21-22,24-25,27,32H,11-15H2,1-3H3,(H,31,33)/b30-16+/t17-,18-,21?,22?,24?,25-,27?,28?,29-/m1/s1. The normalized spacial score (nSPS) is 42.4. The maximum atomic E-state index is 12.9. The van der Waals surface area contributed by atoms with E-state index in [9.17, 15) is 9.90 Å². The number of benzene rings is 1. The molecule has 2 N–H and O–H groups in total. The topological polar surface area (TPSA) is 98.6 Å². The fourth-order valence-electron chi connectivity index (χ4n) is 7.32. The molecule has 0 aromatic heterocycles. The van der Waals surface area contributed by atoms with Crippen molar-refractivity contribution in [1.29, 1.82) is 0 Å². The smallest absolute Gasteiger partial charge is 0.270 e. The number of nitrogens with zero attached hydrogens (tertiary/aromatic N) is 1. The van der Waals surface area contributed by atoms with Crippen LogP contribution < -0.4 is 5.43 Å². The number of fused-ring (bicyclic) bond motifs is 2. The minimum absolute atomic E-state index is 0.0784. The highest BCUT2D eigenvalue weighted by atomic mass is 17.2. The van der Waals surface area contributed by atoms with E-state index in [1.54, 1.807) is 30.3 Å². The number of hydrogen-bond acceptors (Lipinski definition) is 7. The molecular formula is C29H36N2O6. The number of hydrogen-bond donors (Lipinski definition) is 2. The van der Waals surface area contributed by atoms with Crippen LogP contribution in [0.1, 0.15) is 58.4 Å². The van der Waals surface area contributed by atoms with Crippen LogP contribution in [0.25, 0.3) is 0 Å². The molecule has 37 heavy (non-hydrogen) atoms. The largest absolute Gasteiger partial charge is 0.507 e. The van der Waals surface area contributed by atoms with Crippen LogP contribution in [0.4, 0.5) is 0 Å². The third-order valence-corrected chi connectivity index (χ3v) is 9.35. The second-order valence-corrected chi connectivity index (χ2v) is 11.7. The van der Waals surface area contributed by atoms with Crippen molar-refractivity contribution in [2.75, 3.05) is 0 Å². The third-order valence-electron chi connectivity index (χ3n) is 9.35. The fraction of sp³-hybridized carbons (Fsp3) is 0.586. The summed E-state index contributed by atoms with van der Waals surface area (Å²) in [7, 11) is 0. The van der Waals surface area contributed by atoms with E-state index in [2.05, 4.69) is 31.3 Å². The summed E-state index contributed by atoms with van der Waals surface area (Å²) >= 11 is 0. The first-order valence-corrected chi connectivity index (χ1v) is 13.5. The summed E-state index contributed by atoms with van der Waals surface area (Å²) in [6.07, 6.45) is 10.8. The number of para-hydroxylation sites is 1. The molecule has 7 rings (SSSR count). The average Bonchev–Trinajstić information content (AvgIpc) is 3.22. The molecule has 1 aromatic rings. The Morgan fingerprint density at radius 1 is 1.19 bits per heavy atom. The Bertz CT molecular complexity index is 1150. The Hall–Kier alpha value is -2.52. The second-order valence-electron chi connectivity index (χ2n) is 11.7. The number of carbonyl (C=O) groups excluding carboxylic acids is 1. The zero-order valence-electron chi connectivity index (χ0n) is 21.6. The van der Waals surface area contributed by atoms with Crippen molar-refractivity contribution >= 4 is 12.1 Å². The number of ether oxygens (including phenoxy) is 2. The number of carbonyl (C=O) groups is 1. The summed E-state index contributed by atoms with van der Waals surface area (Å²) in [5.41, 5.74) is 2.74. The van der Waals surface area contributed by atoms with E-state index in [1.165, 1.54) is 6.21 Å². The first-order valence-electron chi connectivity index (χ1n) is 13.5. The van der Waals surface area contributed by atoms with E-state index in [-0.39, 0.29) is 35.2 Å². The predicted molar refractivity (Wildman–Crippen MR) is 136 cm³/mol. The van der Waals surface area contributed by atoms with Gasteiger partial charge in [0.15, 0.2) is 6.29 Å². The molecule has 1 amide bonds. The fourth-order valence-corrected chi connectivity index (χ4v) is 7.32. The van der Waals surface area contributed by atoms with Crippen molar-refractivity contribution in [3.8, 4) is 5.75 Å². The second kappa shape index (κ2) is 9.34. The number of phenolic OH excluding ortho intramolecular Hbond substituents is 1. The number of hydrazone groups is 1.